The third kappa shape index (κ3) is 5.43. The quantitative estimate of drug-likeness (QED) is 0.125. The summed E-state index contributed by atoms with van der Waals surface area (Å²) in [5, 5.41) is 16.5. The Hall–Kier alpha value is -3.51. The van der Waals surface area contributed by atoms with Gasteiger partial charge >= 0.3 is 22.4 Å². The van der Waals surface area contributed by atoms with Crippen LogP contribution in [-0.4, -0.2) is 98.7 Å². The molecule has 0 aliphatic carbocycles. The van der Waals surface area contributed by atoms with E-state index in [-0.39, 0.29) is 28.2 Å². The second-order valence-corrected chi connectivity index (χ2v) is 10.3. The molecule has 2 fully saturated rings. The average molecular weight is 535 g/mol. The van der Waals surface area contributed by atoms with Gasteiger partial charge in [-0.15, -0.1) is 11.3 Å². The van der Waals surface area contributed by atoms with Crippen LogP contribution in [0.25, 0.3) is 0 Å². The first-order valence-electron chi connectivity index (χ1n) is 9.90. The number of hydrogen-bond donors (Lipinski definition) is 4. The number of thiazole rings is 1. The molecule has 3 atom stereocenters. The highest BCUT2D eigenvalue weighted by molar-refractivity contribution is 7.84. The number of β-lactam (4-membered cyclic amide) rings is 1. The Labute approximate surface area is 202 Å². The maximum Gasteiger partial charge on any atom is 0.410 e. The van der Waals surface area contributed by atoms with Crippen LogP contribution in [0.2, 0.25) is 0 Å². The standard InChI is InChI=1S/C17H22N6O10S2/c1-7-4-22(16(28)32-7)5-9-11(13(25)23(9)35(29,30)31)20-12(24)10(8-6-34-15(18)19-8)21-33-17(2,3)14(26)27/h6-7,9,11H,4-5H2,1-3H3,(H2,18,19)(H,20,24)(H,26,27)(H,29,30,31)/b21-10-/t7?,9-,11?/m0/s1. The maximum atomic E-state index is 13.0. The van der Waals surface area contributed by atoms with Crippen LogP contribution in [0.4, 0.5) is 9.93 Å². The molecule has 0 bridgehead atoms. The number of aliphatic carboxylic acids is 1. The first kappa shape index (κ1) is 26.1. The van der Waals surface area contributed by atoms with Gasteiger partial charge in [0.25, 0.3) is 11.8 Å². The Morgan fingerprint density at radius 2 is 2.09 bits per heavy atom. The lowest BCUT2D eigenvalue weighted by molar-refractivity contribution is -0.161. The highest BCUT2D eigenvalue weighted by Crippen LogP contribution is 2.26. The molecule has 2 unspecified atom stereocenters. The Kier molecular flexibility index (Phi) is 6.91. The monoisotopic (exact) mass is 534 g/mol. The van der Waals surface area contributed by atoms with E-state index in [1.807, 2.05) is 0 Å². The van der Waals surface area contributed by atoms with Gasteiger partial charge in [-0.3, -0.25) is 14.1 Å². The number of nitrogens with zero attached hydrogens (tertiary/aromatic N) is 4. The fourth-order valence-corrected chi connectivity index (χ4v) is 4.61. The number of amides is 3. The first-order valence-corrected chi connectivity index (χ1v) is 12.2. The van der Waals surface area contributed by atoms with Crippen molar-refractivity contribution < 1.29 is 46.8 Å². The number of aromatic nitrogens is 1. The molecular weight excluding hydrogens is 512 g/mol. The fraction of sp³-hybridized carbons (Fsp3) is 0.529. The molecule has 16 nitrogen and oxygen atoms in total. The number of rotatable bonds is 9. The van der Waals surface area contributed by atoms with Gasteiger partial charge in [-0.25, -0.2) is 18.9 Å². The number of nitrogens with one attached hydrogen (secondary N) is 1. The number of carboxylic acids is 1. The van der Waals surface area contributed by atoms with Crippen LogP contribution in [0.3, 0.4) is 0 Å². The van der Waals surface area contributed by atoms with Crippen LogP contribution in [-0.2, 0) is 34.3 Å². The molecular formula is C17H22N6O10S2. The lowest BCUT2D eigenvalue weighted by Crippen LogP contribution is -2.74. The molecule has 3 rings (SSSR count). The number of nitrogen functional groups attached to an aromatic ring is 1. The smallest absolute Gasteiger partial charge is 0.410 e. The number of oxime groups is 1. The van der Waals surface area contributed by atoms with Gasteiger partial charge in [0, 0.05) is 11.9 Å². The van der Waals surface area contributed by atoms with Crippen LogP contribution in [0.5, 0.6) is 0 Å². The summed E-state index contributed by atoms with van der Waals surface area (Å²) in [7, 11) is -5.01. The Morgan fingerprint density at radius 3 is 2.57 bits per heavy atom. The van der Waals surface area contributed by atoms with Gasteiger partial charge in [0.05, 0.1) is 12.6 Å². The molecule has 5 N–H and O–H groups in total. The number of hydrogen-bond acceptors (Lipinski definition) is 12. The van der Waals surface area contributed by atoms with Gasteiger partial charge in [-0.2, -0.15) is 8.42 Å². The van der Waals surface area contributed by atoms with E-state index in [9.17, 15) is 37.3 Å². The largest absolute Gasteiger partial charge is 0.478 e. The van der Waals surface area contributed by atoms with Crippen molar-refractivity contribution in [1.82, 2.24) is 19.5 Å². The summed E-state index contributed by atoms with van der Waals surface area (Å²) in [6, 6.07) is -2.86. The Balaban J connectivity index is 1.87. The minimum absolute atomic E-state index is 0.0507. The third-order valence-corrected chi connectivity index (χ3v) is 6.63. The van der Waals surface area contributed by atoms with Crippen molar-refractivity contribution in [3.63, 3.8) is 0 Å². The molecule has 2 aliphatic heterocycles. The van der Waals surface area contributed by atoms with Crippen LogP contribution >= 0.6 is 11.3 Å². The fourth-order valence-electron chi connectivity index (χ4n) is 3.19. The van der Waals surface area contributed by atoms with Crippen molar-refractivity contribution in [2.24, 2.45) is 5.16 Å². The molecule has 2 saturated heterocycles. The number of carbonyl (C=O) groups excluding carboxylic acids is 3. The molecule has 3 amide bonds. The van der Waals surface area contributed by atoms with Crippen LogP contribution in [0.15, 0.2) is 10.5 Å². The van der Waals surface area contributed by atoms with Crippen molar-refractivity contribution in [1.29, 1.82) is 0 Å². The summed E-state index contributed by atoms with van der Waals surface area (Å²) >= 11 is 0.943. The van der Waals surface area contributed by atoms with Gasteiger partial charge in [-0.1, -0.05) is 5.16 Å². The van der Waals surface area contributed by atoms with Crippen molar-refractivity contribution in [2.45, 2.75) is 44.6 Å². The topological polar surface area (TPSA) is 231 Å². The molecule has 1 aromatic heterocycles. The highest BCUT2D eigenvalue weighted by Gasteiger charge is 2.55. The van der Waals surface area contributed by atoms with E-state index in [0.717, 1.165) is 16.2 Å². The van der Waals surface area contributed by atoms with Crippen molar-refractivity contribution >= 4 is 56.4 Å². The number of nitrogens with two attached hydrogens (primary N) is 1. The van der Waals surface area contributed by atoms with E-state index in [1.54, 1.807) is 6.92 Å². The van der Waals surface area contributed by atoms with Gasteiger partial charge < -0.3 is 30.6 Å². The first-order chi connectivity index (χ1) is 16.1. The highest BCUT2D eigenvalue weighted by atomic mass is 32.2. The zero-order valence-corrected chi connectivity index (χ0v) is 20.2. The normalized spacial score (nSPS) is 23.1. The molecule has 0 aromatic carbocycles. The summed E-state index contributed by atoms with van der Waals surface area (Å²) in [4.78, 5) is 58.8. The second kappa shape index (κ2) is 9.27. The SMILES string of the molecule is CC1CN(C[C@H]2C(NC(=O)/C(=N\OC(C)(C)C(=O)O)c3csc(N)n3)C(=O)N2S(=O)(=O)O)C(=O)O1. The summed E-state index contributed by atoms with van der Waals surface area (Å²) in [6.07, 6.45) is -1.25. The molecule has 0 spiro atoms. The predicted molar refractivity (Wildman–Crippen MR) is 117 cm³/mol. The number of carbonyl (C=O) groups is 4. The minimum atomic E-state index is -5.01. The number of ether oxygens (including phenoxy) is 1. The lowest BCUT2D eigenvalue weighted by atomic mass is 9.97. The maximum absolute atomic E-state index is 13.0. The summed E-state index contributed by atoms with van der Waals surface area (Å²) in [5.74, 6) is -3.63. The number of carboxylic acid groups (broad SMARTS) is 1. The lowest BCUT2D eigenvalue weighted by Gasteiger charge is -2.45. The van der Waals surface area contributed by atoms with Crippen LogP contribution in [0.1, 0.15) is 26.5 Å². The van der Waals surface area contributed by atoms with Crippen molar-refractivity contribution in [3.8, 4) is 0 Å². The minimum Gasteiger partial charge on any atom is -0.478 e. The summed E-state index contributed by atoms with van der Waals surface area (Å²) in [5.41, 5.74) is 3.11. The van der Waals surface area contributed by atoms with E-state index in [2.05, 4.69) is 15.5 Å². The Bertz CT molecular complexity index is 1200. The predicted octanol–water partition coefficient (Wildman–Crippen LogP) is -1.35. The molecule has 2 aliphatic rings. The number of cyclic esters (lactones) is 1. The molecule has 192 valence electrons. The molecule has 35 heavy (non-hydrogen) atoms. The summed E-state index contributed by atoms with van der Waals surface area (Å²) < 4.78 is 38.0. The van der Waals surface area contributed by atoms with Gasteiger partial charge in [0.2, 0.25) is 5.60 Å². The van der Waals surface area contributed by atoms with Gasteiger partial charge in [0.1, 0.15) is 17.8 Å². The molecule has 18 heteroatoms. The molecule has 1 aromatic rings. The van der Waals surface area contributed by atoms with E-state index >= 15 is 0 Å². The van der Waals surface area contributed by atoms with E-state index in [0.29, 0.717) is 0 Å². The van der Waals surface area contributed by atoms with Crippen LogP contribution in [0, 0.1) is 0 Å². The van der Waals surface area contributed by atoms with E-state index in [1.165, 1.54) is 19.2 Å². The third-order valence-electron chi connectivity index (χ3n) is 5.01. The van der Waals surface area contributed by atoms with Crippen molar-refractivity contribution in [2.75, 3.05) is 18.8 Å². The van der Waals surface area contributed by atoms with Gasteiger partial charge in [0.15, 0.2) is 10.8 Å². The average Bonchev–Trinajstić information content (AvgIpc) is 3.29. The Morgan fingerprint density at radius 1 is 1.43 bits per heavy atom. The zero-order chi connectivity index (χ0) is 26.3. The second-order valence-electron chi connectivity index (χ2n) is 8.15. The van der Waals surface area contributed by atoms with Crippen molar-refractivity contribution in [3.05, 3.63) is 11.1 Å². The molecule has 0 radical (unpaired) electrons. The molecule has 0 saturated carbocycles. The number of anilines is 1. The van der Waals surface area contributed by atoms with Crippen LogP contribution < -0.4 is 11.1 Å². The van der Waals surface area contributed by atoms with E-state index in [4.69, 9.17) is 15.3 Å². The summed E-state index contributed by atoms with van der Waals surface area (Å²) in [6.45, 7) is 3.67. The van der Waals surface area contributed by atoms with Gasteiger partial charge in [-0.05, 0) is 20.8 Å². The van der Waals surface area contributed by atoms with E-state index < -0.39 is 63.7 Å². The zero-order valence-electron chi connectivity index (χ0n) is 18.6. The molecule has 3 heterocycles.